The molecule has 2 amide bonds. The molecule has 1 aliphatic rings. The molecule has 5 nitrogen and oxygen atoms in total. The Hall–Kier alpha value is -3.05. The summed E-state index contributed by atoms with van der Waals surface area (Å²) in [6, 6.07) is 16.2. The number of rotatable bonds is 3. The van der Waals surface area contributed by atoms with E-state index >= 15 is 0 Å². The highest BCUT2D eigenvalue weighted by Crippen LogP contribution is 2.24. The van der Waals surface area contributed by atoms with Crippen molar-refractivity contribution in [2.45, 2.75) is 6.61 Å². The van der Waals surface area contributed by atoms with Gasteiger partial charge in [0.15, 0.2) is 0 Å². The number of hydroxylamine groups is 2. The minimum atomic E-state index is -0.432. The van der Waals surface area contributed by atoms with Gasteiger partial charge in [-0.25, -0.2) is 0 Å². The first-order valence-corrected chi connectivity index (χ1v) is 7.19. The molecule has 5 heteroatoms. The molecule has 23 heavy (non-hydrogen) atoms. The van der Waals surface area contributed by atoms with Crippen LogP contribution in [-0.2, 0) is 11.4 Å². The summed E-state index contributed by atoms with van der Waals surface area (Å²) in [4.78, 5) is 34.3. The van der Waals surface area contributed by atoms with Gasteiger partial charge in [0.1, 0.15) is 6.61 Å². The first-order valence-electron chi connectivity index (χ1n) is 7.19. The normalized spacial score (nSPS) is 13.7. The lowest BCUT2D eigenvalue weighted by Crippen LogP contribution is -2.29. The lowest BCUT2D eigenvalue weighted by atomic mass is 10.1. The maximum absolute atomic E-state index is 12.3. The molecule has 0 atom stereocenters. The van der Waals surface area contributed by atoms with Gasteiger partial charge in [-0.05, 0) is 18.2 Å². The van der Waals surface area contributed by atoms with E-state index < -0.39 is 11.8 Å². The monoisotopic (exact) mass is 304 g/mol. The quantitative estimate of drug-likeness (QED) is 0.698. The Morgan fingerprint density at radius 3 is 2.30 bits per heavy atom. The fourth-order valence-electron chi connectivity index (χ4n) is 2.70. The third-order valence-corrected chi connectivity index (χ3v) is 3.82. The summed E-state index contributed by atoms with van der Waals surface area (Å²) in [6.45, 7) is 0.0970. The number of carbonyl (C=O) groups is 2. The van der Waals surface area contributed by atoms with Gasteiger partial charge in [0, 0.05) is 17.1 Å². The molecule has 1 aliphatic heterocycles. The number of benzene rings is 2. The van der Waals surface area contributed by atoms with E-state index in [0.29, 0.717) is 11.1 Å². The molecule has 0 spiro atoms. The van der Waals surface area contributed by atoms with Crippen LogP contribution in [0, 0.1) is 0 Å². The molecule has 1 aromatic heterocycles. The van der Waals surface area contributed by atoms with Crippen LogP contribution in [0.25, 0.3) is 10.9 Å². The zero-order valence-corrected chi connectivity index (χ0v) is 12.1. The summed E-state index contributed by atoms with van der Waals surface area (Å²) in [5.41, 5.74) is 2.35. The Morgan fingerprint density at radius 1 is 0.870 bits per heavy atom. The molecule has 0 N–H and O–H groups in total. The molecule has 0 aliphatic carbocycles. The second-order valence-electron chi connectivity index (χ2n) is 5.22. The van der Waals surface area contributed by atoms with Crippen LogP contribution in [0.5, 0.6) is 0 Å². The van der Waals surface area contributed by atoms with Crippen molar-refractivity contribution < 1.29 is 14.4 Å². The summed E-state index contributed by atoms with van der Waals surface area (Å²) >= 11 is 0. The van der Waals surface area contributed by atoms with Crippen molar-refractivity contribution >= 4 is 22.7 Å². The van der Waals surface area contributed by atoms with E-state index in [-0.39, 0.29) is 6.61 Å². The number of imide groups is 1. The molecular weight excluding hydrogens is 292 g/mol. The first kappa shape index (κ1) is 13.6. The van der Waals surface area contributed by atoms with Gasteiger partial charge in [-0.15, -0.1) is 5.06 Å². The van der Waals surface area contributed by atoms with E-state index in [4.69, 9.17) is 4.84 Å². The van der Waals surface area contributed by atoms with Crippen LogP contribution in [0.2, 0.25) is 0 Å². The topological polar surface area (TPSA) is 59.5 Å². The molecule has 0 saturated heterocycles. The van der Waals surface area contributed by atoms with Crippen LogP contribution in [-0.4, -0.2) is 21.9 Å². The molecule has 2 aromatic carbocycles. The maximum atomic E-state index is 12.3. The molecule has 4 rings (SSSR count). The Balaban J connectivity index is 1.60. The van der Waals surface area contributed by atoms with Gasteiger partial charge >= 0.3 is 0 Å². The Morgan fingerprint density at radius 2 is 1.57 bits per heavy atom. The Labute approximate surface area is 132 Å². The highest BCUT2D eigenvalue weighted by atomic mass is 16.7. The van der Waals surface area contributed by atoms with Gasteiger partial charge in [-0.1, -0.05) is 36.4 Å². The summed E-state index contributed by atoms with van der Waals surface area (Å²) in [7, 11) is 0. The molecular formula is C18H12N2O3. The van der Waals surface area contributed by atoms with Gasteiger partial charge in [0.05, 0.1) is 16.6 Å². The predicted molar refractivity (Wildman–Crippen MR) is 83.5 cm³/mol. The van der Waals surface area contributed by atoms with Crippen molar-refractivity contribution in [3.63, 3.8) is 0 Å². The van der Waals surface area contributed by atoms with Crippen molar-refractivity contribution in [2.75, 3.05) is 0 Å². The zero-order chi connectivity index (χ0) is 15.8. The van der Waals surface area contributed by atoms with Gasteiger partial charge in [-0.2, -0.15) is 0 Å². The van der Waals surface area contributed by atoms with Crippen molar-refractivity contribution in [3.05, 3.63) is 77.5 Å². The Kier molecular flexibility index (Phi) is 3.13. The number of nitrogens with zero attached hydrogens (tertiary/aromatic N) is 2. The molecule has 0 bridgehead atoms. The summed E-state index contributed by atoms with van der Waals surface area (Å²) in [5.74, 6) is -0.863. The lowest BCUT2D eigenvalue weighted by Gasteiger charge is -2.14. The largest absolute Gasteiger partial charge is 0.285 e. The van der Waals surface area contributed by atoms with Crippen LogP contribution in [0.3, 0.4) is 0 Å². The van der Waals surface area contributed by atoms with E-state index in [1.54, 1.807) is 30.5 Å². The highest BCUT2D eigenvalue weighted by Gasteiger charge is 2.36. The minimum Gasteiger partial charge on any atom is -0.266 e. The SMILES string of the molecule is O=C1c2ccccc2C(=O)N1OCc1cccc2cccnc12. The van der Waals surface area contributed by atoms with Crippen LogP contribution in [0.1, 0.15) is 26.3 Å². The van der Waals surface area contributed by atoms with E-state index in [1.807, 2.05) is 30.3 Å². The number of hydrogen-bond donors (Lipinski definition) is 0. The van der Waals surface area contributed by atoms with Crippen LogP contribution in [0.15, 0.2) is 60.8 Å². The number of hydrogen-bond acceptors (Lipinski definition) is 4. The minimum absolute atomic E-state index is 0.0970. The molecule has 0 fully saturated rings. The smallest absolute Gasteiger partial charge is 0.266 e. The molecule has 0 saturated carbocycles. The highest BCUT2D eigenvalue weighted by molar-refractivity contribution is 6.20. The third-order valence-electron chi connectivity index (χ3n) is 3.82. The van der Waals surface area contributed by atoms with Gasteiger partial charge in [0.25, 0.3) is 11.8 Å². The predicted octanol–water partition coefficient (Wildman–Crippen LogP) is 2.96. The van der Waals surface area contributed by atoms with Crippen molar-refractivity contribution in [3.8, 4) is 0 Å². The number of para-hydroxylation sites is 1. The Bertz CT molecular complexity index is 896. The number of aromatic nitrogens is 1. The lowest BCUT2D eigenvalue weighted by molar-refractivity contribution is -0.100. The van der Waals surface area contributed by atoms with E-state index in [1.165, 1.54) is 0 Å². The first-order chi connectivity index (χ1) is 11.3. The van der Waals surface area contributed by atoms with Gasteiger partial charge in [0.2, 0.25) is 0 Å². The maximum Gasteiger partial charge on any atom is 0.285 e. The average molecular weight is 304 g/mol. The number of amides is 2. The molecule has 3 aromatic rings. The fourth-order valence-corrected chi connectivity index (χ4v) is 2.70. The van der Waals surface area contributed by atoms with Crippen LogP contribution >= 0.6 is 0 Å². The van der Waals surface area contributed by atoms with Crippen molar-refractivity contribution in [1.29, 1.82) is 0 Å². The summed E-state index contributed by atoms with van der Waals surface area (Å²) in [5, 5.41) is 1.81. The second-order valence-corrected chi connectivity index (χ2v) is 5.22. The summed E-state index contributed by atoms with van der Waals surface area (Å²) in [6.07, 6.45) is 1.70. The van der Waals surface area contributed by atoms with Crippen LogP contribution < -0.4 is 0 Å². The van der Waals surface area contributed by atoms with E-state index in [9.17, 15) is 9.59 Å². The molecule has 0 radical (unpaired) electrons. The fraction of sp³-hybridized carbons (Fsp3) is 0.0556. The van der Waals surface area contributed by atoms with Gasteiger partial charge < -0.3 is 0 Å². The van der Waals surface area contributed by atoms with E-state index in [0.717, 1.165) is 21.5 Å². The molecule has 2 heterocycles. The van der Waals surface area contributed by atoms with Gasteiger partial charge in [-0.3, -0.25) is 19.4 Å². The average Bonchev–Trinajstić information content (AvgIpc) is 2.84. The summed E-state index contributed by atoms with van der Waals surface area (Å²) < 4.78 is 0. The number of carbonyl (C=O) groups excluding carboxylic acids is 2. The van der Waals surface area contributed by atoms with Crippen molar-refractivity contribution in [1.82, 2.24) is 10.0 Å². The molecule has 112 valence electrons. The standard InChI is InChI=1S/C18H12N2O3/c21-17-14-8-1-2-9-15(14)18(22)20(17)23-11-13-6-3-5-12-7-4-10-19-16(12)13/h1-10H,11H2. The number of fused-ring (bicyclic) bond motifs is 2. The van der Waals surface area contributed by atoms with E-state index in [2.05, 4.69) is 4.98 Å². The van der Waals surface area contributed by atoms with Crippen LogP contribution in [0.4, 0.5) is 0 Å². The van der Waals surface area contributed by atoms with Crippen molar-refractivity contribution in [2.24, 2.45) is 0 Å². The third kappa shape index (κ3) is 2.18. The number of pyridine rings is 1. The second kappa shape index (κ2) is 5.30. The zero-order valence-electron chi connectivity index (χ0n) is 12.1. The molecule has 0 unspecified atom stereocenters.